The first-order valence-electron chi connectivity index (χ1n) is 6.98. The predicted molar refractivity (Wildman–Crippen MR) is 84.8 cm³/mol. The number of halogens is 1. The first-order chi connectivity index (χ1) is 10.4. The smallest absolute Gasteiger partial charge is 0.327 e. The molecule has 2 rings (SSSR count). The summed E-state index contributed by atoms with van der Waals surface area (Å²) in [6.07, 6.45) is 1.95. The average Bonchev–Trinajstić information content (AvgIpc) is 2.48. The summed E-state index contributed by atoms with van der Waals surface area (Å²) in [5.41, 5.74) is 2.96. The second-order valence-corrected chi connectivity index (χ2v) is 5.23. The van der Waals surface area contributed by atoms with E-state index in [1.54, 1.807) is 11.1 Å². The maximum absolute atomic E-state index is 13.5. The summed E-state index contributed by atoms with van der Waals surface area (Å²) in [6.45, 7) is 7.73. The number of esters is 1. The Morgan fingerprint density at radius 2 is 2.23 bits per heavy atom. The molecule has 1 unspecified atom stereocenters. The Kier molecular flexibility index (Phi) is 4.75. The molecule has 4 nitrogen and oxygen atoms in total. The second kappa shape index (κ2) is 6.56. The number of benzene rings is 1. The van der Waals surface area contributed by atoms with E-state index in [4.69, 9.17) is 0 Å². The van der Waals surface area contributed by atoms with Crippen LogP contribution in [0.15, 0.2) is 47.6 Å². The largest absolute Gasteiger partial charge is 0.468 e. The maximum Gasteiger partial charge on any atom is 0.327 e. The highest BCUT2D eigenvalue weighted by Crippen LogP contribution is 2.26. The van der Waals surface area contributed by atoms with Gasteiger partial charge in [0.25, 0.3) is 0 Å². The van der Waals surface area contributed by atoms with E-state index in [2.05, 4.69) is 16.4 Å². The van der Waals surface area contributed by atoms with Crippen molar-refractivity contribution >= 4 is 17.3 Å². The summed E-state index contributed by atoms with van der Waals surface area (Å²) in [5.74, 6) is -0.664. The summed E-state index contributed by atoms with van der Waals surface area (Å²) in [6, 6.07) is 6.24. The molecule has 1 atom stereocenters. The third kappa shape index (κ3) is 3.42. The van der Waals surface area contributed by atoms with E-state index in [0.29, 0.717) is 5.71 Å². The molecule has 0 N–H and O–H groups in total. The van der Waals surface area contributed by atoms with Crippen molar-refractivity contribution in [2.45, 2.75) is 19.9 Å². The van der Waals surface area contributed by atoms with Gasteiger partial charge in [-0.2, -0.15) is 5.10 Å². The van der Waals surface area contributed by atoms with Crippen molar-refractivity contribution in [3.05, 3.63) is 53.9 Å². The molecular weight excluding hydrogens is 283 g/mol. The van der Waals surface area contributed by atoms with Crippen molar-refractivity contribution in [2.24, 2.45) is 5.10 Å². The quantitative estimate of drug-likeness (QED) is 0.803. The van der Waals surface area contributed by atoms with Gasteiger partial charge < -0.3 is 4.74 Å². The highest BCUT2D eigenvalue weighted by atomic mass is 19.1. The van der Waals surface area contributed by atoms with Gasteiger partial charge in [-0.15, -0.1) is 0 Å². The molecule has 0 amide bonds. The molecule has 0 bridgehead atoms. The Morgan fingerprint density at radius 1 is 1.50 bits per heavy atom. The molecule has 0 saturated carbocycles. The topological polar surface area (TPSA) is 41.9 Å². The number of nitrogens with zero attached hydrogens (tertiary/aromatic N) is 2. The number of hydrogen-bond donors (Lipinski definition) is 0. The van der Waals surface area contributed by atoms with Gasteiger partial charge in [-0.25, -0.2) is 4.39 Å². The van der Waals surface area contributed by atoms with Crippen molar-refractivity contribution < 1.29 is 13.9 Å². The zero-order valence-corrected chi connectivity index (χ0v) is 13.0. The van der Waals surface area contributed by atoms with Gasteiger partial charge >= 0.3 is 5.97 Å². The third-order valence-electron chi connectivity index (χ3n) is 3.42. The van der Waals surface area contributed by atoms with Crippen LogP contribution in [-0.2, 0) is 9.53 Å². The highest BCUT2D eigenvalue weighted by Gasteiger charge is 2.24. The third-order valence-corrected chi connectivity index (χ3v) is 3.42. The number of ether oxygens (including phenoxy) is 1. The summed E-state index contributed by atoms with van der Waals surface area (Å²) in [7, 11) is 1.34. The monoisotopic (exact) mass is 302 g/mol. The number of allylic oxidation sites excluding steroid dienone is 2. The minimum Gasteiger partial charge on any atom is -0.468 e. The van der Waals surface area contributed by atoms with Gasteiger partial charge in [-0.1, -0.05) is 24.8 Å². The Hall–Kier alpha value is -2.43. The van der Waals surface area contributed by atoms with Crippen LogP contribution >= 0.6 is 0 Å². The van der Waals surface area contributed by atoms with E-state index in [1.807, 2.05) is 26.0 Å². The second-order valence-electron chi connectivity index (χ2n) is 5.23. The average molecular weight is 302 g/mol. The minimum absolute atomic E-state index is 0.0569. The normalized spacial score (nSPS) is 17.6. The van der Waals surface area contributed by atoms with Crippen LogP contribution < -0.4 is 0 Å². The number of rotatable bonds is 4. The molecule has 5 heteroatoms. The fraction of sp³-hybridized carbons (Fsp3) is 0.294. The number of carbonyl (C=O) groups is 1. The lowest BCUT2D eigenvalue weighted by atomic mass is 9.94. The van der Waals surface area contributed by atoms with Crippen LogP contribution in [0.4, 0.5) is 4.39 Å². The van der Waals surface area contributed by atoms with Gasteiger partial charge in [0, 0.05) is 5.57 Å². The van der Waals surface area contributed by atoms with Gasteiger partial charge in [-0.05, 0) is 37.1 Å². The molecule has 0 radical (unpaired) electrons. The molecule has 0 aliphatic carbocycles. The molecule has 1 aromatic rings. The van der Waals surface area contributed by atoms with Gasteiger partial charge in [0.2, 0.25) is 0 Å². The van der Waals surface area contributed by atoms with Crippen LogP contribution in [0.1, 0.15) is 19.4 Å². The molecule has 0 fully saturated rings. The van der Waals surface area contributed by atoms with Gasteiger partial charge in [0.1, 0.15) is 12.4 Å². The molecule has 0 saturated heterocycles. The Balaban J connectivity index is 2.39. The van der Waals surface area contributed by atoms with Crippen LogP contribution in [0.3, 0.4) is 0 Å². The lowest BCUT2D eigenvalue weighted by Crippen LogP contribution is -2.36. The van der Waals surface area contributed by atoms with Crippen molar-refractivity contribution in [1.29, 1.82) is 0 Å². The van der Waals surface area contributed by atoms with E-state index in [0.717, 1.165) is 16.7 Å². The fourth-order valence-electron chi connectivity index (χ4n) is 2.26. The molecule has 1 heterocycles. The van der Waals surface area contributed by atoms with Crippen molar-refractivity contribution in [2.75, 3.05) is 13.7 Å². The van der Waals surface area contributed by atoms with E-state index in [9.17, 15) is 9.18 Å². The number of hydrogen-bond acceptors (Lipinski definition) is 4. The predicted octanol–water partition coefficient (Wildman–Crippen LogP) is 3.02. The number of carbonyl (C=O) groups excluding carboxylic acids is 1. The van der Waals surface area contributed by atoms with E-state index in [-0.39, 0.29) is 24.4 Å². The van der Waals surface area contributed by atoms with Crippen LogP contribution in [0.5, 0.6) is 0 Å². The molecule has 1 aliphatic heterocycles. The van der Waals surface area contributed by atoms with E-state index >= 15 is 0 Å². The molecule has 1 aromatic carbocycles. The van der Waals surface area contributed by atoms with Gasteiger partial charge in [0.15, 0.2) is 0 Å². The minimum atomic E-state index is -0.362. The van der Waals surface area contributed by atoms with Gasteiger partial charge in [0.05, 0.1) is 18.9 Å². The first kappa shape index (κ1) is 15.9. The van der Waals surface area contributed by atoms with Crippen LogP contribution in [0, 0.1) is 5.82 Å². The number of hydrazone groups is 1. The lowest BCUT2D eigenvalue weighted by molar-refractivity contribution is -0.142. The van der Waals surface area contributed by atoms with E-state index in [1.165, 1.54) is 19.2 Å². The zero-order valence-electron chi connectivity index (χ0n) is 13.0. The molecule has 22 heavy (non-hydrogen) atoms. The number of methoxy groups -OCH3 is 1. The standard InChI is InChI=1S/C17H19FN2O2/c1-11(2)17-15(13-6-5-7-14(18)9-13)8-12(3)20(19-17)10-16(21)22-4/h5-9,12H,1,10H2,2-4H3. The van der Waals surface area contributed by atoms with Crippen LogP contribution in [-0.4, -0.2) is 36.4 Å². The fourth-order valence-corrected chi connectivity index (χ4v) is 2.26. The van der Waals surface area contributed by atoms with Crippen molar-refractivity contribution in [1.82, 2.24) is 5.01 Å². The summed E-state index contributed by atoms with van der Waals surface area (Å²) in [4.78, 5) is 11.5. The molecule has 1 aliphatic rings. The lowest BCUT2D eigenvalue weighted by Gasteiger charge is -2.30. The Labute approximate surface area is 129 Å². The van der Waals surface area contributed by atoms with Crippen LogP contribution in [0.2, 0.25) is 0 Å². The summed E-state index contributed by atoms with van der Waals surface area (Å²) < 4.78 is 18.2. The van der Waals surface area contributed by atoms with E-state index < -0.39 is 0 Å². The van der Waals surface area contributed by atoms with Crippen molar-refractivity contribution in [3.63, 3.8) is 0 Å². The highest BCUT2D eigenvalue weighted by molar-refractivity contribution is 6.31. The summed E-state index contributed by atoms with van der Waals surface area (Å²) >= 11 is 0. The molecule has 0 spiro atoms. The Bertz CT molecular complexity index is 664. The maximum atomic E-state index is 13.5. The van der Waals surface area contributed by atoms with Gasteiger partial charge in [-0.3, -0.25) is 9.80 Å². The molecule has 116 valence electrons. The Morgan fingerprint density at radius 3 is 2.82 bits per heavy atom. The van der Waals surface area contributed by atoms with Crippen LogP contribution in [0.25, 0.3) is 5.57 Å². The molecular formula is C17H19FN2O2. The summed E-state index contributed by atoms with van der Waals surface area (Å²) in [5, 5.41) is 6.13. The SMILES string of the molecule is C=C(C)C1=NN(CC(=O)OC)C(C)C=C1c1cccc(F)c1. The first-order valence-corrected chi connectivity index (χ1v) is 6.98. The zero-order chi connectivity index (χ0) is 16.3. The van der Waals surface area contributed by atoms with Crippen molar-refractivity contribution in [3.8, 4) is 0 Å². The molecule has 0 aromatic heterocycles.